The maximum atomic E-state index is 12.3. The van der Waals surface area contributed by atoms with Crippen molar-refractivity contribution in [2.24, 2.45) is 5.10 Å². The molecule has 3 aromatic carbocycles. The SMILES string of the molecule is Cc1ccc(-c2nnc(SCC(=O)N/N=C/c3cc(Br)ccc3O)n2-c2ccccc2)cc1. The summed E-state index contributed by atoms with van der Waals surface area (Å²) in [4.78, 5) is 12.3. The first kappa shape index (κ1) is 22.8. The standard InChI is InChI=1S/C24H20BrN5O2S/c1-16-7-9-17(10-8-16)23-28-29-24(30(23)20-5-3-2-4-6-20)33-15-22(32)27-26-14-18-13-19(25)11-12-21(18)31/h2-14,31H,15H2,1H3,(H,27,32)/b26-14+. The third-order valence-electron chi connectivity index (χ3n) is 4.67. The molecule has 0 radical (unpaired) electrons. The van der Waals surface area contributed by atoms with E-state index in [2.05, 4.69) is 36.7 Å². The Balaban J connectivity index is 1.50. The van der Waals surface area contributed by atoms with Crippen LogP contribution in [0.25, 0.3) is 17.1 Å². The van der Waals surface area contributed by atoms with Gasteiger partial charge in [-0.15, -0.1) is 10.2 Å². The Labute approximate surface area is 203 Å². The molecule has 0 bridgehead atoms. The lowest BCUT2D eigenvalue weighted by atomic mass is 10.1. The molecule has 0 saturated heterocycles. The zero-order valence-electron chi connectivity index (χ0n) is 17.6. The van der Waals surface area contributed by atoms with Crippen LogP contribution in [-0.2, 0) is 4.79 Å². The normalized spacial score (nSPS) is 11.1. The molecule has 4 rings (SSSR count). The van der Waals surface area contributed by atoms with Gasteiger partial charge in [0.05, 0.1) is 12.0 Å². The fraction of sp³-hybridized carbons (Fsp3) is 0.0833. The van der Waals surface area contributed by atoms with Crippen molar-refractivity contribution in [3.05, 3.63) is 88.4 Å². The molecular weight excluding hydrogens is 502 g/mol. The Morgan fingerprint density at radius 2 is 1.88 bits per heavy atom. The van der Waals surface area contributed by atoms with Crippen LogP contribution in [-0.4, -0.2) is 37.7 Å². The second-order valence-corrected chi connectivity index (χ2v) is 8.99. The molecule has 0 unspecified atom stereocenters. The van der Waals surface area contributed by atoms with Gasteiger partial charge < -0.3 is 5.11 Å². The van der Waals surface area contributed by atoms with Gasteiger partial charge in [-0.2, -0.15) is 5.10 Å². The molecule has 0 spiro atoms. The number of hydrazone groups is 1. The maximum Gasteiger partial charge on any atom is 0.250 e. The molecule has 0 atom stereocenters. The number of aromatic nitrogens is 3. The zero-order valence-corrected chi connectivity index (χ0v) is 20.0. The van der Waals surface area contributed by atoms with E-state index in [1.54, 1.807) is 18.2 Å². The molecule has 7 nitrogen and oxygen atoms in total. The molecule has 0 aliphatic heterocycles. The number of phenolic OH excluding ortho intramolecular Hbond substituents is 1. The summed E-state index contributed by atoms with van der Waals surface area (Å²) < 4.78 is 2.74. The molecule has 1 amide bonds. The molecule has 166 valence electrons. The molecule has 1 heterocycles. The number of nitrogens with one attached hydrogen (secondary N) is 1. The molecule has 4 aromatic rings. The fourth-order valence-electron chi connectivity index (χ4n) is 3.03. The lowest BCUT2D eigenvalue weighted by Gasteiger charge is -2.10. The van der Waals surface area contributed by atoms with Crippen molar-refractivity contribution >= 4 is 39.8 Å². The highest BCUT2D eigenvalue weighted by molar-refractivity contribution is 9.10. The number of hydrogen-bond acceptors (Lipinski definition) is 6. The van der Waals surface area contributed by atoms with Crippen molar-refractivity contribution in [1.82, 2.24) is 20.2 Å². The number of nitrogens with zero attached hydrogens (tertiary/aromatic N) is 4. The van der Waals surface area contributed by atoms with Gasteiger partial charge in [-0.25, -0.2) is 5.43 Å². The number of thioether (sulfide) groups is 1. The molecule has 0 aliphatic carbocycles. The van der Waals surface area contributed by atoms with E-state index >= 15 is 0 Å². The molecule has 0 saturated carbocycles. The van der Waals surface area contributed by atoms with Crippen LogP contribution in [0.15, 0.2) is 87.5 Å². The van der Waals surface area contributed by atoms with Gasteiger partial charge in [-0.3, -0.25) is 9.36 Å². The number of rotatable bonds is 7. The summed E-state index contributed by atoms with van der Waals surface area (Å²) in [5, 5.41) is 23.1. The van der Waals surface area contributed by atoms with Crippen molar-refractivity contribution in [3.8, 4) is 22.8 Å². The van der Waals surface area contributed by atoms with E-state index in [4.69, 9.17) is 0 Å². The third kappa shape index (κ3) is 5.68. The Morgan fingerprint density at radius 3 is 2.64 bits per heavy atom. The van der Waals surface area contributed by atoms with Gasteiger partial charge in [0, 0.05) is 21.3 Å². The number of halogens is 1. The summed E-state index contributed by atoms with van der Waals surface area (Å²) in [6.45, 7) is 2.03. The van der Waals surface area contributed by atoms with Gasteiger partial charge in [-0.05, 0) is 37.3 Å². The highest BCUT2D eigenvalue weighted by Gasteiger charge is 2.17. The van der Waals surface area contributed by atoms with E-state index < -0.39 is 0 Å². The second kappa shape index (κ2) is 10.5. The third-order valence-corrected chi connectivity index (χ3v) is 6.09. The Morgan fingerprint density at radius 1 is 1.12 bits per heavy atom. The van der Waals surface area contributed by atoms with Crippen molar-refractivity contribution in [1.29, 1.82) is 0 Å². The topological polar surface area (TPSA) is 92.4 Å². The Kier molecular flexibility index (Phi) is 7.21. The average Bonchev–Trinajstić information content (AvgIpc) is 3.25. The van der Waals surface area contributed by atoms with Crippen LogP contribution >= 0.6 is 27.7 Å². The van der Waals surface area contributed by atoms with Gasteiger partial charge in [0.15, 0.2) is 11.0 Å². The minimum Gasteiger partial charge on any atom is -0.507 e. The summed E-state index contributed by atoms with van der Waals surface area (Å²) in [5.41, 5.74) is 5.97. The van der Waals surface area contributed by atoms with Crippen LogP contribution in [0.5, 0.6) is 5.75 Å². The number of aryl methyl sites for hydroxylation is 1. The predicted octanol–water partition coefficient (Wildman–Crippen LogP) is 4.95. The van der Waals surface area contributed by atoms with Crippen molar-refractivity contribution in [2.75, 3.05) is 5.75 Å². The van der Waals surface area contributed by atoms with E-state index in [9.17, 15) is 9.90 Å². The van der Waals surface area contributed by atoms with Crippen LogP contribution < -0.4 is 5.43 Å². The number of benzene rings is 3. The van der Waals surface area contributed by atoms with Crippen molar-refractivity contribution < 1.29 is 9.90 Å². The Bertz CT molecular complexity index is 1290. The van der Waals surface area contributed by atoms with Gasteiger partial charge in [0.25, 0.3) is 5.91 Å². The molecule has 0 fully saturated rings. The van der Waals surface area contributed by atoms with Crippen LogP contribution in [0.4, 0.5) is 0 Å². The number of hydrogen-bond donors (Lipinski definition) is 2. The zero-order chi connectivity index (χ0) is 23.2. The first-order valence-corrected chi connectivity index (χ1v) is 11.8. The average molecular weight is 522 g/mol. The summed E-state index contributed by atoms with van der Waals surface area (Å²) in [5.74, 6) is 0.573. The number of para-hydroxylation sites is 1. The van der Waals surface area contributed by atoms with E-state index in [1.807, 2.05) is 66.1 Å². The molecule has 0 aliphatic rings. The van der Waals surface area contributed by atoms with Crippen LogP contribution in [0.1, 0.15) is 11.1 Å². The lowest BCUT2D eigenvalue weighted by Crippen LogP contribution is -2.20. The number of aromatic hydroxyl groups is 1. The number of amides is 1. The second-order valence-electron chi connectivity index (χ2n) is 7.13. The molecule has 1 aromatic heterocycles. The minimum atomic E-state index is -0.301. The predicted molar refractivity (Wildman–Crippen MR) is 134 cm³/mol. The summed E-state index contributed by atoms with van der Waals surface area (Å²) in [6, 6.07) is 22.8. The monoisotopic (exact) mass is 521 g/mol. The van der Waals surface area contributed by atoms with Crippen molar-refractivity contribution in [3.63, 3.8) is 0 Å². The molecule has 33 heavy (non-hydrogen) atoms. The van der Waals surface area contributed by atoms with Crippen LogP contribution in [0.3, 0.4) is 0 Å². The minimum absolute atomic E-state index is 0.0742. The van der Waals surface area contributed by atoms with E-state index in [0.29, 0.717) is 16.5 Å². The number of carbonyl (C=O) groups excluding carboxylic acids is 1. The molecule has 9 heteroatoms. The van der Waals surface area contributed by atoms with Gasteiger partial charge >= 0.3 is 0 Å². The quantitative estimate of drug-likeness (QED) is 0.204. The first-order chi connectivity index (χ1) is 16.0. The largest absolute Gasteiger partial charge is 0.507 e. The number of carbonyl (C=O) groups is 1. The molecular formula is C24H20BrN5O2S. The summed E-state index contributed by atoms with van der Waals surface area (Å²) in [6.07, 6.45) is 1.39. The first-order valence-electron chi connectivity index (χ1n) is 10.0. The van der Waals surface area contributed by atoms with Crippen LogP contribution in [0, 0.1) is 6.92 Å². The van der Waals surface area contributed by atoms with Gasteiger partial charge in [-0.1, -0.05) is 75.7 Å². The van der Waals surface area contributed by atoms with Gasteiger partial charge in [0.1, 0.15) is 5.75 Å². The summed E-state index contributed by atoms with van der Waals surface area (Å²) in [7, 11) is 0. The van der Waals surface area contributed by atoms with Crippen molar-refractivity contribution in [2.45, 2.75) is 12.1 Å². The van der Waals surface area contributed by atoms with E-state index in [0.717, 1.165) is 21.3 Å². The van der Waals surface area contributed by atoms with E-state index in [1.165, 1.54) is 18.0 Å². The molecule has 2 N–H and O–H groups in total. The lowest BCUT2D eigenvalue weighted by molar-refractivity contribution is -0.118. The fourth-order valence-corrected chi connectivity index (χ4v) is 4.15. The number of phenols is 1. The highest BCUT2D eigenvalue weighted by atomic mass is 79.9. The van der Waals surface area contributed by atoms with E-state index in [-0.39, 0.29) is 17.4 Å². The van der Waals surface area contributed by atoms with Crippen LogP contribution in [0.2, 0.25) is 0 Å². The highest BCUT2D eigenvalue weighted by Crippen LogP contribution is 2.28. The maximum absolute atomic E-state index is 12.3. The van der Waals surface area contributed by atoms with Gasteiger partial charge in [0.2, 0.25) is 0 Å². The Hall–Kier alpha value is -3.43. The smallest absolute Gasteiger partial charge is 0.250 e. The summed E-state index contributed by atoms with van der Waals surface area (Å²) >= 11 is 4.60.